The summed E-state index contributed by atoms with van der Waals surface area (Å²) < 4.78 is 11.0. The second kappa shape index (κ2) is 9.52. The lowest BCUT2D eigenvalue weighted by Gasteiger charge is -2.57. The van der Waals surface area contributed by atoms with Crippen molar-refractivity contribution in [3.8, 4) is 5.75 Å². The van der Waals surface area contributed by atoms with Crippen molar-refractivity contribution in [3.63, 3.8) is 0 Å². The van der Waals surface area contributed by atoms with E-state index in [1.54, 1.807) is 18.2 Å². The molecule has 5 heteroatoms. The fraction of sp³-hybridized carbons (Fsp3) is 0.643. The summed E-state index contributed by atoms with van der Waals surface area (Å²) in [6, 6.07) is 7.10. The van der Waals surface area contributed by atoms with Gasteiger partial charge in [0.2, 0.25) is 5.91 Å². The topological polar surface area (TPSA) is 55.8 Å². The largest absolute Gasteiger partial charge is 0.494 e. The number of ether oxygens (including phenoxy) is 2. The summed E-state index contributed by atoms with van der Waals surface area (Å²) >= 11 is 0. The van der Waals surface area contributed by atoms with E-state index in [9.17, 15) is 9.59 Å². The van der Waals surface area contributed by atoms with Gasteiger partial charge in [-0.15, -0.1) is 0 Å². The number of benzene rings is 1. The van der Waals surface area contributed by atoms with Crippen molar-refractivity contribution < 1.29 is 19.1 Å². The predicted molar refractivity (Wildman–Crippen MR) is 127 cm³/mol. The van der Waals surface area contributed by atoms with Crippen LogP contribution >= 0.6 is 0 Å². The monoisotopic (exact) mass is 451 g/mol. The number of likely N-dealkylation sites (tertiary alicyclic amines) is 1. The van der Waals surface area contributed by atoms with Crippen LogP contribution in [0.15, 0.2) is 36.9 Å². The highest BCUT2D eigenvalue weighted by Gasteiger charge is 2.55. The predicted octanol–water partition coefficient (Wildman–Crippen LogP) is 5.25. The first-order valence-corrected chi connectivity index (χ1v) is 12.8. The van der Waals surface area contributed by atoms with Crippen LogP contribution in [0.2, 0.25) is 0 Å². The minimum atomic E-state index is -0.351. The molecule has 5 nitrogen and oxygen atoms in total. The van der Waals surface area contributed by atoms with Crippen molar-refractivity contribution in [2.45, 2.75) is 57.8 Å². The third-order valence-corrected chi connectivity index (χ3v) is 8.61. The van der Waals surface area contributed by atoms with E-state index in [1.165, 1.54) is 19.3 Å². The lowest BCUT2D eigenvalue weighted by Crippen LogP contribution is -2.55. The van der Waals surface area contributed by atoms with Crippen LogP contribution in [-0.4, -0.2) is 43.1 Å². The Bertz CT molecular complexity index is 833. The summed E-state index contributed by atoms with van der Waals surface area (Å²) in [5, 5.41) is 0. The Morgan fingerprint density at radius 2 is 1.61 bits per heavy atom. The molecule has 4 aliphatic carbocycles. The minimum absolute atomic E-state index is 0.00499. The van der Waals surface area contributed by atoms with Crippen molar-refractivity contribution in [3.05, 3.63) is 42.5 Å². The highest BCUT2D eigenvalue weighted by Crippen LogP contribution is 2.60. The second-order valence-electron chi connectivity index (χ2n) is 11.0. The Labute approximate surface area is 197 Å². The highest BCUT2D eigenvalue weighted by molar-refractivity contribution is 5.89. The zero-order valence-electron chi connectivity index (χ0n) is 19.7. The van der Waals surface area contributed by atoms with E-state index in [2.05, 4.69) is 11.5 Å². The number of nitrogens with zero attached hydrogens (tertiary/aromatic N) is 1. The normalized spacial score (nSPS) is 30.8. The maximum Gasteiger partial charge on any atom is 0.338 e. The first-order chi connectivity index (χ1) is 16.0. The van der Waals surface area contributed by atoms with Crippen LogP contribution < -0.4 is 4.74 Å². The van der Waals surface area contributed by atoms with Gasteiger partial charge >= 0.3 is 5.97 Å². The van der Waals surface area contributed by atoms with Crippen LogP contribution in [0.25, 0.3) is 0 Å². The molecule has 178 valence electrons. The molecular weight excluding hydrogens is 414 g/mol. The van der Waals surface area contributed by atoms with E-state index in [0.29, 0.717) is 24.0 Å². The molecule has 4 saturated carbocycles. The molecule has 33 heavy (non-hydrogen) atoms. The molecule has 0 unspecified atom stereocenters. The molecule has 1 aliphatic heterocycles. The molecule has 1 aromatic carbocycles. The van der Waals surface area contributed by atoms with Gasteiger partial charge in [0.15, 0.2) is 0 Å². The Kier molecular flexibility index (Phi) is 6.49. The second-order valence-corrected chi connectivity index (χ2v) is 11.0. The van der Waals surface area contributed by atoms with Gasteiger partial charge in [0, 0.05) is 13.1 Å². The van der Waals surface area contributed by atoms with Crippen LogP contribution in [0, 0.1) is 29.1 Å². The average molecular weight is 452 g/mol. The fourth-order valence-corrected chi connectivity index (χ4v) is 7.38. The van der Waals surface area contributed by atoms with Gasteiger partial charge in [-0.1, -0.05) is 12.7 Å². The molecule has 1 saturated heterocycles. The maximum absolute atomic E-state index is 13.6. The molecule has 5 aliphatic rings. The molecule has 4 bridgehead atoms. The van der Waals surface area contributed by atoms with E-state index in [4.69, 9.17) is 9.47 Å². The number of esters is 1. The van der Waals surface area contributed by atoms with Gasteiger partial charge in [0.25, 0.3) is 0 Å². The summed E-state index contributed by atoms with van der Waals surface area (Å²) in [4.78, 5) is 27.6. The van der Waals surface area contributed by atoms with Gasteiger partial charge in [-0.25, -0.2) is 4.79 Å². The molecule has 0 spiro atoms. The summed E-state index contributed by atoms with van der Waals surface area (Å²) in [6.07, 6.45) is 12.4. The zero-order chi connectivity index (χ0) is 22.8. The van der Waals surface area contributed by atoms with E-state index in [0.717, 1.165) is 75.1 Å². The Morgan fingerprint density at radius 3 is 2.18 bits per heavy atom. The van der Waals surface area contributed by atoms with Crippen molar-refractivity contribution in [1.29, 1.82) is 0 Å². The van der Waals surface area contributed by atoms with E-state index in [-0.39, 0.29) is 18.0 Å². The summed E-state index contributed by atoms with van der Waals surface area (Å²) in [5.41, 5.74) is 0.509. The number of hydrogen-bond donors (Lipinski definition) is 0. The third kappa shape index (κ3) is 4.83. The molecule has 0 N–H and O–H groups in total. The van der Waals surface area contributed by atoms with Crippen molar-refractivity contribution in [2.24, 2.45) is 29.1 Å². The molecule has 1 amide bonds. The zero-order valence-corrected chi connectivity index (χ0v) is 19.7. The van der Waals surface area contributed by atoms with E-state index < -0.39 is 0 Å². The molecule has 1 aromatic rings. The molecule has 5 fully saturated rings. The number of carbonyl (C=O) groups is 2. The Morgan fingerprint density at radius 1 is 1.00 bits per heavy atom. The van der Waals surface area contributed by atoms with Crippen LogP contribution in [0.5, 0.6) is 5.75 Å². The number of carbonyl (C=O) groups excluding carboxylic acids is 2. The fourth-order valence-electron chi connectivity index (χ4n) is 7.38. The summed E-state index contributed by atoms with van der Waals surface area (Å²) in [6.45, 7) is 6.24. The maximum atomic E-state index is 13.6. The van der Waals surface area contributed by atoms with Crippen molar-refractivity contribution in [2.75, 3.05) is 26.3 Å². The van der Waals surface area contributed by atoms with Gasteiger partial charge < -0.3 is 14.4 Å². The average Bonchev–Trinajstić information content (AvgIpc) is 2.82. The number of piperidine rings is 1. The Balaban J connectivity index is 1.05. The van der Waals surface area contributed by atoms with E-state index >= 15 is 0 Å². The van der Waals surface area contributed by atoms with Gasteiger partial charge in [-0.2, -0.15) is 0 Å². The molecule has 0 aromatic heterocycles. The standard InChI is InChI=1S/C28H37NO4/c1-2-12-33-26(30)24-3-5-25(6-4-24)32-13-9-20-7-10-29(11-8-20)27(31)28-17-21-14-22(18-28)16-23(15-21)19-28/h2-6,20-23H,1,7-19H2. The first-order valence-electron chi connectivity index (χ1n) is 12.8. The molecule has 0 atom stereocenters. The lowest BCUT2D eigenvalue weighted by atomic mass is 9.49. The van der Waals surface area contributed by atoms with Crippen molar-refractivity contribution >= 4 is 11.9 Å². The van der Waals surface area contributed by atoms with Crippen LogP contribution in [0.1, 0.15) is 68.1 Å². The lowest BCUT2D eigenvalue weighted by molar-refractivity contribution is -0.159. The molecule has 0 radical (unpaired) electrons. The first kappa shape index (κ1) is 22.5. The highest BCUT2D eigenvalue weighted by atomic mass is 16.5. The van der Waals surface area contributed by atoms with Crippen LogP contribution in [-0.2, 0) is 9.53 Å². The van der Waals surface area contributed by atoms with Gasteiger partial charge in [-0.05, 0) is 106 Å². The molecule has 6 rings (SSSR count). The SMILES string of the molecule is C=CCOC(=O)c1ccc(OCCC2CCN(C(=O)C34CC5CC(CC(C5)C3)C4)CC2)cc1. The van der Waals surface area contributed by atoms with Gasteiger partial charge in [-0.3, -0.25) is 4.79 Å². The van der Waals surface area contributed by atoms with Gasteiger partial charge in [0.05, 0.1) is 17.6 Å². The number of hydrogen-bond acceptors (Lipinski definition) is 4. The van der Waals surface area contributed by atoms with Crippen molar-refractivity contribution in [1.82, 2.24) is 4.90 Å². The van der Waals surface area contributed by atoms with Gasteiger partial charge in [0.1, 0.15) is 12.4 Å². The number of amides is 1. The van der Waals surface area contributed by atoms with E-state index in [1.807, 2.05) is 12.1 Å². The molecular formula is C28H37NO4. The minimum Gasteiger partial charge on any atom is -0.494 e. The summed E-state index contributed by atoms with van der Waals surface area (Å²) in [7, 11) is 0. The number of rotatable bonds is 8. The molecule has 1 heterocycles. The van der Waals surface area contributed by atoms with Crippen LogP contribution in [0.3, 0.4) is 0 Å². The van der Waals surface area contributed by atoms with Crippen LogP contribution in [0.4, 0.5) is 0 Å². The Hall–Kier alpha value is -2.30. The summed E-state index contributed by atoms with van der Waals surface area (Å²) in [5.74, 6) is 3.98. The third-order valence-electron chi connectivity index (χ3n) is 8.61. The smallest absolute Gasteiger partial charge is 0.338 e. The quantitative estimate of drug-likeness (QED) is 0.400.